The number of rotatable bonds is 1. The van der Waals surface area contributed by atoms with Crippen molar-refractivity contribution >= 4 is 11.6 Å². The standard InChI is InChI=1S/C3H4ClNO2/c1-2-3(4)5(6)7/h2H,1H3. The number of nitro groups is 1. The third-order valence-corrected chi connectivity index (χ3v) is 0.769. The first-order valence-electron chi connectivity index (χ1n) is 1.64. The second-order valence-electron chi connectivity index (χ2n) is 0.869. The average molecular weight is 122 g/mol. The van der Waals surface area contributed by atoms with E-state index in [1.807, 2.05) is 0 Å². The Balaban J connectivity index is 3.82. The highest BCUT2D eigenvalue weighted by molar-refractivity contribution is 6.27. The van der Waals surface area contributed by atoms with Crippen LogP contribution in [0.25, 0.3) is 0 Å². The summed E-state index contributed by atoms with van der Waals surface area (Å²) in [7, 11) is 0. The minimum Gasteiger partial charge on any atom is -0.257 e. The van der Waals surface area contributed by atoms with Gasteiger partial charge < -0.3 is 0 Å². The van der Waals surface area contributed by atoms with Gasteiger partial charge in [0, 0.05) is 6.08 Å². The summed E-state index contributed by atoms with van der Waals surface area (Å²) in [5.41, 5.74) is 0. The molecule has 7 heavy (non-hydrogen) atoms. The lowest BCUT2D eigenvalue weighted by Crippen LogP contribution is -1.88. The van der Waals surface area contributed by atoms with Gasteiger partial charge in [-0.15, -0.1) is 0 Å². The summed E-state index contributed by atoms with van der Waals surface area (Å²) >= 11 is 4.96. The Kier molecular flexibility index (Phi) is 2.37. The molecule has 0 aliphatic rings. The van der Waals surface area contributed by atoms with Gasteiger partial charge in [-0.25, -0.2) is 0 Å². The lowest BCUT2D eigenvalue weighted by Gasteiger charge is -1.78. The highest BCUT2D eigenvalue weighted by Crippen LogP contribution is 1.98. The number of nitrogens with zero attached hydrogens (tertiary/aromatic N) is 1. The van der Waals surface area contributed by atoms with Crippen molar-refractivity contribution in [2.45, 2.75) is 6.92 Å². The minimum absolute atomic E-state index is 0.333. The van der Waals surface area contributed by atoms with Gasteiger partial charge in [-0.2, -0.15) is 0 Å². The quantitative estimate of drug-likeness (QED) is 0.299. The van der Waals surface area contributed by atoms with Crippen LogP contribution in [0.3, 0.4) is 0 Å². The Morgan fingerprint density at radius 1 is 2.00 bits per heavy atom. The van der Waals surface area contributed by atoms with Gasteiger partial charge in [0.2, 0.25) is 0 Å². The summed E-state index contributed by atoms with van der Waals surface area (Å²) in [6.45, 7) is 1.51. The van der Waals surface area contributed by atoms with Crippen LogP contribution in [-0.4, -0.2) is 4.92 Å². The van der Waals surface area contributed by atoms with Crippen molar-refractivity contribution in [1.82, 2.24) is 0 Å². The van der Waals surface area contributed by atoms with E-state index in [1.165, 1.54) is 13.0 Å². The highest BCUT2D eigenvalue weighted by Gasteiger charge is 1.98. The van der Waals surface area contributed by atoms with Crippen molar-refractivity contribution in [2.24, 2.45) is 0 Å². The van der Waals surface area contributed by atoms with E-state index in [1.54, 1.807) is 0 Å². The van der Waals surface area contributed by atoms with Crippen LogP contribution < -0.4 is 0 Å². The van der Waals surface area contributed by atoms with Gasteiger partial charge in [0.1, 0.15) is 0 Å². The van der Waals surface area contributed by atoms with Crippen LogP contribution in [0, 0.1) is 10.1 Å². The van der Waals surface area contributed by atoms with E-state index in [4.69, 9.17) is 11.6 Å². The molecular formula is C3H4ClNO2. The van der Waals surface area contributed by atoms with Crippen molar-refractivity contribution in [3.8, 4) is 0 Å². The van der Waals surface area contributed by atoms with Crippen molar-refractivity contribution in [3.63, 3.8) is 0 Å². The lowest BCUT2D eigenvalue weighted by molar-refractivity contribution is -0.412. The Bertz CT molecular complexity index is 110. The molecule has 3 nitrogen and oxygen atoms in total. The number of hydrogen-bond acceptors (Lipinski definition) is 2. The molecule has 0 saturated carbocycles. The third kappa shape index (κ3) is 2.17. The van der Waals surface area contributed by atoms with E-state index in [2.05, 4.69) is 0 Å². The first-order chi connectivity index (χ1) is 3.18. The van der Waals surface area contributed by atoms with Crippen molar-refractivity contribution in [1.29, 1.82) is 0 Å². The smallest absolute Gasteiger partial charge is 0.257 e. The molecule has 0 aromatic rings. The second kappa shape index (κ2) is 2.58. The van der Waals surface area contributed by atoms with E-state index in [9.17, 15) is 10.1 Å². The molecular weight excluding hydrogens is 117 g/mol. The third-order valence-electron chi connectivity index (χ3n) is 0.413. The molecule has 0 bridgehead atoms. The Hall–Kier alpha value is -0.570. The molecule has 0 N–H and O–H groups in total. The normalized spacial score (nSPS) is 11.4. The maximum absolute atomic E-state index is 9.54. The molecule has 0 rings (SSSR count). The molecule has 0 heterocycles. The zero-order chi connectivity index (χ0) is 5.86. The monoisotopic (exact) mass is 121 g/mol. The lowest BCUT2D eigenvalue weighted by atomic mass is 10.7. The zero-order valence-electron chi connectivity index (χ0n) is 3.72. The van der Waals surface area contributed by atoms with Crippen molar-refractivity contribution in [2.75, 3.05) is 0 Å². The van der Waals surface area contributed by atoms with Gasteiger partial charge in [-0.3, -0.25) is 10.1 Å². The molecule has 0 amide bonds. The van der Waals surface area contributed by atoms with E-state index >= 15 is 0 Å². The van der Waals surface area contributed by atoms with Gasteiger partial charge in [-0.05, 0) is 18.5 Å². The summed E-state index contributed by atoms with van der Waals surface area (Å²) in [6, 6.07) is 0. The SMILES string of the molecule is CC=C(Cl)[N+](=O)[O-]. The number of hydrogen-bond donors (Lipinski definition) is 0. The predicted octanol–water partition coefficient (Wildman–Crippen LogP) is 1.36. The first-order valence-corrected chi connectivity index (χ1v) is 2.02. The largest absolute Gasteiger partial charge is 0.332 e. The second-order valence-corrected chi connectivity index (χ2v) is 1.26. The van der Waals surface area contributed by atoms with Gasteiger partial charge in [0.15, 0.2) is 0 Å². The van der Waals surface area contributed by atoms with Crippen LogP contribution in [0.5, 0.6) is 0 Å². The Morgan fingerprint density at radius 3 is 2.43 bits per heavy atom. The fourth-order valence-electron chi connectivity index (χ4n) is 0.105. The van der Waals surface area contributed by atoms with E-state index in [0.29, 0.717) is 0 Å². The zero-order valence-corrected chi connectivity index (χ0v) is 4.47. The summed E-state index contributed by atoms with van der Waals surface area (Å²) in [5.74, 6) is 0. The predicted molar refractivity (Wildman–Crippen MR) is 26.6 cm³/mol. The van der Waals surface area contributed by atoms with Crippen LogP contribution >= 0.6 is 11.6 Å². The highest BCUT2D eigenvalue weighted by atomic mass is 35.5. The molecule has 0 aliphatic heterocycles. The molecule has 0 unspecified atom stereocenters. The van der Waals surface area contributed by atoms with Gasteiger partial charge >= 0.3 is 5.16 Å². The maximum atomic E-state index is 9.54. The molecule has 0 aromatic heterocycles. The van der Waals surface area contributed by atoms with Gasteiger partial charge in [0.25, 0.3) is 0 Å². The number of allylic oxidation sites excluding steroid dienone is 1. The topological polar surface area (TPSA) is 43.1 Å². The maximum Gasteiger partial charge on any atom is 0.332 e. The first kappa shape index (κ1) is 6.43. The van der Waals surface area contributed by atoms with Crippen molar-refractivity contribution < 1.29 is 4.92 Å². The van der Waals surface area contributed by atoms with Gasteiger partial charge in [-0.1, -0.05) is 0 Å². The molecule has 0 spiro atoms. The molecule has 0 saturated heterocycles. The van der Waals surface area contributed by atoms with E-state index < -0.39 is 4.92 Å². The van der Waals surface area contributed by atoms with Gasteiger partial charge in [0.05, 0.1) is 4.92 Å². The van der Waals surface area contributed by atoms with Crippen LogP contribution in [-0.2, 0) is 0 Å². The van der Waals surface area contributed by atoms with Crippen LogP contribution in [0.2, 0.25) is 0 Å². The van der Waals surface area contributed by atoms with E-state index in [0.717, 1.165) is 0 Å². The summed E-state index contributed by atoms with van der Waals surface area (Å²) in [4.78, 5) is 8.88. The van der Waals surface area contributed by atoms with Crippen LogP contribution in [0.15, 0.2) is 11.2 Å². The molecule has 0 atom stereocenters. The average Bonchev–Trinajstić information content (AvgIpc) is 1.65. The molecule has 0 aromatic carbocycles. The summed E-state index contributed by atoms with van der Waals surface area (Å²) < 4.78 is 0. The van der Waals surface area contributed by atoms with Crippen molar-refractivity contribution in [3.05, 3.63) is 21.3 Å². The molecule has 0 fully saturated rings. The van der Waals surface area contributed by atoms with Crippen LogP contribution in [0.1, 0.15) is 6.92 Å². The fourth-order valence-corrected chi connectivity index (χ4v) is 0.105. The molecule has 0 radical (unpaired) electrons. The Labute approximate surface area is 45.7 Å². The minimum atomic E-state index is -0.651. The van der Waals surface area contributed by atoms with E-state index in [-0.39, 0.29) is 5.16 Å². The molecule has 4 heteroatoms. The summed E-state index contributed by atoms with van der Waals surface area (Å²) in [5, 5.41) is 9.20. The molecule has 0 aliphatic carbocycles. The fraction of sp³-hybridized carbons (Fsp3) is 0.333. The van der Waals surface area contributed by atoms with Crippen LogP contribution in [0.4, 0.5) is 0 Å². The number of halogens is 1. The molecule has 40 valence electrons. The summed E-state index contributed by atoms with van der Waals surface area (Å²) in [6.07, 6.45) is 1.22. The Morgan fingerprint density at radius 2 is 2.43 bits per heavy atom.